The minimum absolute atomic E-state index is 0.401. The van der Waals surface area contributed by atoms with Crippen LogP contribution in [0, 0.1) is 0 Å². The third-order valence-corrected chi connectivity index (χ3v) is 3.39. The molecule has 0 saturated heterocycles. The van der Waals surface area contributed by atoms with Gasteiger partial charge in [-0.3, -0.25) is 0 Å². The molecule has 21 heavy (non-hydrogen) atoms. The molecule has 3 nitrogen and oxygen atoms in total. The standard InChI is InChI=1S/C18H28O3/c1-3-5-6-7-8-9-12-16-13-10-11-14-17(16)21-18(19)20-15-4-2/h10-11,13-14H,3-9,12,15H2,1-2H3. The molecule has 0 fully saturated rings. The number of para-hydroxylation sites is 1. The monoisotopic (exact) mass is 292 g/mol. The first-order chi connectivity index (χ1) is 10.3. The quantitative estimate of drug-likeness (QED) is 0.324. The second kappa shape index (κ2) is 11.2. The van der Waals surface area contributed by atoms with Crippen LogP contribution in [0.5, 0.6) is 5.75 Å². The molecule has 0 atom stereocenters. The highest BCUT2D eigenvalue weighted by Gasteiger charge is 2.09. The lowest BCUT2D eigenvalue weighted by atomic mass is 10.0. The summed E-state index contributed by atoms with van der Waals surface area (Å²) in [6, 6.07) is 7.72. The van der Waals surface area contributed by atoms with E-state index in [1.165, 1.54) is 32.1 Å². The van der Waals surface area contributed by atoms with Gasteiger partial charge in [0.2, 0.25) is 0 Å². The zero-order valence-electron chi connectivity index (χ0n) is 13.4. The van der Waals surface area contributed by atoms with Crippen molar-refractivity contribution in [2.45, 2.75) is 65.2 Å². The Balaban J connectivity index is 2.38. The predicted octanol–water partition coefficient (Wildman–Crippen LogP) is 5.52. The molecule has 0 aliphatic carbocycles. The van der Waals surface area contributed by atoms with Crippen LogP contribution in [0.1, 0.15) is 64.4 Å². The van der Waals surface area contributed by atoms with Crippen LogP contribution in [0.15, 0.2) is 24.3 Å². The lowest BCUT2D eigenvalue weighted by Crippen LogP contribution is -2.12. The molecule has 0 aliphatic heterocycles. The van der Waals surface area contributed by atoms with Crippen molar-refractivity contribution in [2.75, 3.05) is 6.61 Å². The largest absolute Gasteiger partial charge is 0.513 e. The van der Waals surface area contributed by atoms with E-state index in [1.54, 1.807) is 0 Å². The first-order valence-corrected chi connectivity index (χ1v) is 8.20. The zero-order chi connectivity index (χ0) is 15.3. The van der Waals surface area contributed by atoms with Crippen molar-refractivity contribution in [1.29, 1.82) is 0 Å². The number of ether oxygens (including phenoxy) is 2. The van der Waals surface area contributed by atoms with Gasteiger partial charge in [0.05, 0.1) is 6.61 Å². The van der Waals surface area contributed by atoms with Gasteiger partial charge in [0.1, 0.15) is 5.75 Å². The summed E-state index contributed by atoms with van der Waals surface area (Å²) in [4.78, 5) is 11.5. The Bertz CT molecular complexity index is 401. The second-order valence-electron chi connectivity index (χ2n) is 5.33. The first-order valence-electron chi connectivity index (χ1n) is 8.20. The van der Waals surface area contributed by atoms with Crippen molar-refractivity contribution >= 4 is 6.16 Å². The lowest BCUT2D eigenvalue weighted by Gasteiger charge is -2.10. The number of hydrogen-bond donors (Lipinski definition) is 0. The number of rotatable bonds is 10. The normalized spacial score (nSPS) is 10.4. The fraction of sp³-hybridized carbons (Fsp3) is 0.611. The molecule has 0 N–H and O–H groups in total. The van der Waals surface area contributed by atoms with Crippen LogP contribution in [0.3, 0.4) is 0 Å². The minimum atomic E-state index is -0.604. The van der Waals surface area contributed by atoms with E-state index in [0.717, 1.165) is 24.8 Å². The number of carbonyl (C=O) groups is 1. The smallest absolute Gasteiger partial charge is 0.434 e. The van der Waals surface area contributed by atoms with Crippen molar-refractivity contribution in [3.8, 4) is 5.75 Å². The van der Waals surface area contributed by atoms with Gasteiger partial charge in [-0.25, -0.2) is 4.79 Å². The highest BCUT2D eigenvalue weighted by Crippen LogP contribution is 2.21. The first kappa shape index (κ1) is 17.5. The van der Waals surface area contributed by atoms with Crippen molar-refractivity contribution < 1.29 is 14.3 Å². The van der Waals surface area contributed by atoms with Crippen molar-refractivity contribution in [3.05, 3.63) is 29.8 Å². The van der Waals surface area contributed by atoms with Gasteiger partial charge < -0.3 is 9.47 Å². The fourth-order valence-corrected chi connectivity index (χ4v) is 2.21. The second-order valence-corrected chi connectivity index (χ2v) is 5.33. The summed E-state index contributed by atoms with van der Waals surface area (Å²) in [7, 11) is 0. The number of carbonyl (C=O) groups excluding carboxylic acids is 1. The third kappa shape index (κ3) is 7.74. The summed E-state index contributed by atoms with van der Waals surface area (Å²) < 4.78 is 10.2. The number of unbranched alkanes of at least 4 members (excludes halogenated alkanes) is 5. The van der Waals surface area contributed by atoms with E-state index in [1.807, 2.05) is 31.2 Å². The molecule has 0 unspecified atom stereocenters. The highest BCUT2D eigenvalue weighted by atomic mass is 16.7. The molecule has 0 radical (unpaired) electrons. The molecule has 0 aromatic heterocycles. The Kier molecular flexibility index (Phi) is 9.34. The summed E-state index contributed by atoms with van der Waals surface area (Å²) in [5.74, 6) is 0.632. The molecule has 3 heteroatoms. The molecule has 0 aliphatic rings. The SMILES string of the molecule is CCCCCCCCc1ccccc1OC(=O)OCCC. The maximum atomic E-state index is 11.5. The Morgan fingerprint density at radius 3 is 2.43 bits per heavy atom. The molecule has 0 saturated carbocycles. The maximum Gasteiger partial charge on any atom is 0.513 e. The molecule has 1 rings (SSSR count). The molecule has 0 bridgehead atoms. The topological polar surface area (TPSA) is 35.5 Å². The van der Waals surface area contributed by atoms with Crippen LogP contribution in [-0.2, 0) is 11.2 Å². The Labute approximate surface area is 128 Å². The fourth-order valence-electron chi connectivity index (χ4n) is 2.21. The Hall–Kier alpha value is -1.51. The number of aryl methyl sites for hydroxylation is 1. The van der Waals surface area contributed by atoms with Crippen LogP contribution in [-0.4, -0.2) is 12.8 Å². The van der Waals surface area contributed by atoms with E-state index in [9.17, 15) is 4.79 Å². The van der Waals surface area contributed by atoms with E-state index in [2.05, 4.69) is 6.92 Å². The Morgan fingerprint density at radius 1 is 0.952 bits per heavy atom. The van der Waals surface area contributed by atoms with Gasteiger partial charge in [0.25, 0.3) is 0 Å². The molecule has 0 heterocycles. The number of hydrogen-bond acceptors (Lipinski definition) is 3. The maximum absolute atomic E-state index is 11.5. The van der Waals surface area contributed by atoms with Gasteiger partial charge in [-0.15, -0.1) is 0 Å². The van der Waals surface area contributed by atoms with Gasteiger partial charge in [0.15, 0.2) is 0 Å². The highest BCUT2D eigenvalue weighted by molar-refractivity contribution is 5.64. The average Bonchev–Trinajstić information content (AvgIpc) is 2.50. The van der Waals surface area contributed by atoms with Crippen LogP contribution >= 0.6 is 0 Å². The van der Waals surface area contributed by atoms with Crippen molar-refractivity contribution in [1.82, 2.24) is 0 Å². The van der Waals surface area contributed by atoms with Gasteiger partial charge >= 0.3 is 6.16 Å². The molecule has 1 aromatic rings. The van der Waals surface area contributed by atoms with Crippen LogP contribution in [0.4, 0.5) is 4.79 Å². The molecule has 0 amide bonds. The predicted molar refractivity (Wildman–Crippen MR) is 85.8 cm³/mol. The van der Waals surface area contributed by atoms with Crippen LogP contribution < -0.4 is 4.74 Å². The molecule has 0 spiro atoms. The van der Waals surface area contributed by atoms with E-state index in [0.29, 0.717) is 12.4 Å². The minimum Gasteiger partial charge on any atom is -0.434 e. The van der Waals surface area contributed by atoms with Gasteiger partial charge in [-0.05, 0) is 30.9 Å². The third-order valence-electron chi connectivity index (χ3n) is 3.39. The van der Waals surface area contributed by atoms with E-state index in [-0.39, 0.29) is 0 Å². The lowest BCUT2D eigenvalue weighted by molar-refractivity contribution is 0.0988. The summed E-state index contributed by atoms with van der Waals surface area (Å²) in [6.45, 7) is 4.59. The molecule has 1 aromatic carbocycles. The Morgan fingerprint density at radius 2 is 1.67 bits per heavy atom. The molecular weight excluding hydrogens is 264 g/mol. The summed E-state index contributed by atoms with van der Waals surface area (Å²) in [6.07, 6.45) is 8.71. The number of benzene rings is 1. The van der Waals surface area contributed by atoms with E-state index >= 15 is 0 Å². The van der Waals surface area contributed by atoms with Gasteiger partial charge in [0, 0.05) is 0 Å². The molecule has 118 valence electrons. The van der Waals surface area contributed by atoms with Gasteiger partial charge in [-0.1, -0.05) is 64.2 Å². The van der Waals surface area contributed by atoms with Crippen molar-refractivity contribution in [2.24, 2.45) is 0 Å². The molecular formula is C18H28O3. The van der Waals surface area contributed by atoms with Crippen molar-refractivity contribution in [3.63, 3.8) is 0 Å². The van der Waals surface area contributed by atoms with Crippen LogP contribution in [0.2, 0.25) is 0 Å². The zero-order valence-corrected chi connectivity index (χ0v) is 13.4. The summed E-state index contributed by atoms with van der Waals surface area (Å²) in [5, 5.41) is 0. The van der Waals surface area contributed by atoms with Crippen LogP contribution in [0.25, 0.3) is 0 Å². The van der Waals surface area contributed by atoms with E-state index < -0.39 is 6.16 Å². The average molecular weight is 292 g/mol. The summed E-state index contributed by atoms with van der Waals surface area (Å²) >= 11 is 0. The summed E-state index contributed by atoms with van der Waals surface area (Å²) in [5.41, 5.74) is 1.08. The van der Waals surface area contributed by atoms with E-state index in [4.69, 9.17) is 9.47 Å². The van der Waals surface area contributed by atoms with Gasteiger partial charge in [-0.2, -0.15) is 0 Å².